The Morgan fingerprint density at radius 3 is 0.623 bits per heavy atom. The lowest BCUT2D eigenvalue weighted by molar-refractivity contribution is -0.491. The Hall–Kier alpha value is -2.47. The van der Waals surface area contributed by atoms with Crippen LogP contribution in [0.25, 0.3) is 0 Å². The van der Waals surface area contributed by atoms with Crippen LogP contribution < -0.4 is 0 Å². The van der Waals surface area contributed by atoms with Crippen LogP contribution in [0.5, 0.6) is 0 Å². The number of alkyl halides is 33. The summed E-state index contributed by atoms with van der Waals surface area (Å²) in [5, 5.41) is 8.41. The van der Waals surface area contributed by atoms with E-state index in [1.54, 1.807) is 0 Å². The molecule has 0 unspecified atom stereocenters. The molecule has 0 radical (unpaired) electrons. The van der Waals surface area contributed by atoms with Crippen molar-refractivity contribution < 1.29 is 164 Å². The van der Waals surface area contributed by atoms with E-state index in [9.17, 15) is 145 Å². The second kappa shape index (κ2) is 16.8. The Bertz CT molecular complexity index is 1450. The first-order valence-corrected chi connectivity index (χ1v) is 14.4. The molecule has 0 heterocycles. The quantitative estimate of drug-likeness (QED) is 0.0732. The third kappa shape index (κ3) is 8.38. The summed E-state index contributed by atoms with van der Waals surface area (Å²) in [7, 11) is 0. The van der Waals surface area contributed by atoms with Gasteiger partial charge in [-0.25, -0.2) is 0 Å². The zero-order valence-electron chi connectivity index (χ0n) is 27.8. The molecule has 0 aromatic rings. The third-order valence-corrected chi connectivity index (χ3v) is 7.48. The number of hydrogen-bond acceptors (Lipinski definition) is 4. The Kier molecular flexibility index (Phi) is 16.1. The molecule has 368 valence electrons. The Morgan fingerprint density at radius 1 is 0.230 bits per heavy atom. The van der Waals surface area contributed by atoms with Gasteiger partial charge in [0.2, 0.25) is 0 Å². The summed E-state index contributed by atoms with van der Waals surface area (Å²) in [6.45, 7) is -5.42. The van der Waals surface area contributed by atoms with E-state index in [0.29, 0.717) is 0 Å². The van der Waals surface area contributed by atoms with Crippen molar-refractivity contribution >= 4 is 0 Å². The van der Waals surface area contributed by atoms with Gasteiger partial charge in [-0.05, 0) is 0 Å². The van der Waals surface area contributed by atoms with Crippen LogP contribution in [0.2, 0.25) is 0 Å². The van der Waals surface area contributed by atoms with Gasteiger partial charge >= 0.3 is 95.0 Å². The van der Waals surface area contributed by atoms with Crippen LogP contribution >= 0.6 is 0 Å². The number of ether oxygens (including phenoxy) is 3. The van der Waals surface area contributed by atoms with Gasteiger partial charge in [-0.3, -0.25) is 0 Å². The van der Waals surface area contributed by atoms with Gasteiger partial charge < -0.3 is 19.3 Å². The Morgan fingerprint density at radius 2 is 0.410 bits per heavy atom. The monoisotopic (exact) mass is 996 g/mol. The summed E-state index contributed by atoms with van der Waals surface area (Å²) < 4.78 is 464. The first kappa shape index (κ1) is 58.5. The molecule has 0 amide bonds. The first-order chi connectivity index (χ1) is 26.3. The number of hydrogen-bond donors (Lipinski definition) is 1. The van der Waals surface area contributed by atoms with E-state index in [1.165, 1.54) is 0 Å². The minimum Gasteiger partial charge on any atom is -0.394 e. The summed E-state index contributed by atoms with van der Waals surface area (Å²) >= 11 is 0. The average molecular weight is 996 g/mol. The summed E-state index contributed by atoms with van der Waals surface area (Å²) in [5.74, 6) is -143. The van der Waals surface area contributed by atoms with Crippen molar-refractivity contribution in [3.8, 4) is 0 Å². The maximum atomic E-state index is 14.1. The third-order valence-electron chi connectivity index (χ3n) is 7.48. The van der Waals surface area contributed by atoms with Crippen molar-refractivity contribution in [3.63, 3.8) is 0 Å². The average Bonchev–Trinajstić information content (AvgIpc) is 3.07. The molecule has 1 N–H and O–H groups in total. The first-order valence-electron chi connectivity index (χ1n) is 14.4. The fourth-order valence-electron chi connectivity index (χ4n) is 3.74. The molecule has 37 heteroatoms. The molecule has 0 fully saturated rings. The Balaban J connectivity index is 7.09. The van der Waals surface area contributed by atoms with Gasteiger partial charge in [0.1, 0.15) is 0 Å². The fourth-order valence-corrected chi connectivity index (χ4v) is 3.74. The van der Waals surface area contributed by atoms with Crippen molar-refractivity contribution in [1.82, 2.24) is 0 Å². The molecule has 0 spiro atoms. The fraction of sp³-hybridized carbons (Fsp3) is 1.00. The summed E-state index contributed by atoms with van der Waals surface area (Å²) in [5.41, 5.74) is 0. The second-order valence-electron chi connectivity index (χ2n) is 11.6. The van der Waals surface area contributed by atoms with Gasteiger partial charge in [-0.15, -0.1) is 0 Å². The molecule has 0 aliphatic heterocycles. The highest BCUT2D eigenvalue weighted by Crippen LogP contribution is 2.70. The van der Waals surface area contributed by atoms with Gasteiger partial charge in [-0.2, -0.15) is 145 Å². The SMILES string of the molecule is OCCOCCOCCOCCC(F)(F)C(F)(F)C(F)(F)C(F)(F)C(F)(F)C(F)(F)C(F)(F)C(F)(F)C(F)(F)C(F)(F)C(F)(F)C(F)(F)C(F)(F)C(F)(F)C(F)(F)C(F)(F)F. The largest absolute Gasteiger partial charge is 0.460 e. The van der Waals surface area contributed by atoms with Crippen LogP contribution in [-0.4, -0.2) is 146 Å². The number of aliphatic hydroxyl groups excluding tert-OH is 1. The Labute approximate surface area is 313 Å². The standard InChI is InChI=1S/C24H17F33O4/c25-9(26,1-3-59-5-7-61-8-6-60-4-2-58)10(27,28)11(29,30)12(31,32)13(33,34)14(35,36)15(37,38)16(39,40)17(41,42)18(43,44)19(45,46)20(47,48)21(49,50)22(51,52)23(53,54)24(55,56)57/h58H,1-8H2. The highest BCUT2D eigenvalue weighted by Gasteiger charge is 3.01. The minimum absolute atomic E-state index is 0.263. The molecule has 0 aliphatic rings. The van der Waals surface area contributed by atoms with Gasteiger partial charge in [0.25, 0.3) is 0 Å². The predicted molar refractivity (Wildman–Crippen MR) is 124 cm³/mol. The van der Waals surface area contributed by atoms with Crippen LogP contribution in [0.4, 0.5) is 145 Å². The highest BCUT2D eigenvalue weighted by atomic mass is 19.4. The van der Waals surface area contributed by atoms with E-state index in [0.717, 1.165) is 0 Å². The van der Waals surface area contributed by atoms with E-state index in [4.69, 9.17) is 5.11 Å². The van der Waals surface area contributed by atoms with Crippen LogP contribution in [0.15, 0.2) is 0 Å². The smallest absolute Gasteiger partial charge is 0.394 e. The molecule has 4 nitrogen and oxygen atoms in total. The summed E-state index contributed by atoms with van der Waals surface area (Å²) in [6.07, 6.45) is -11.5. The lowest BCUT2D eigenvalue weighted by atomic mass is 9.82. The lowest BCUT2D eigenvalue weighted by Crippen LogP contribution is -2.80. The van der Waals surface area contributed by atoms with Crippen LogP contribution in [-0.2, 0) is 14.2 Å². The molecule has 61 heavy (non-hydrogen) atoms. The van der Waals surface area contributed by atoms with Crippen LogP contribution in [0, 0.1) is 0 Å². The maximum absolute atomic E-state index is 14.1. The molecule has 0 rings (SSSR count). The summed E-state index contributed by atoms with van der Waals surface area (Å²) in [4.78, 5) is 0. The zero-order valence-corrected chi connectivity index (χ0v) is 27.8. The number of aliphatic hydroxyl groups is 1. The van der Waals surface area contributed by atoms with E-state index >= 15 is 0 Å². The zero-order chi connectivity index (χ0) is 49.8. The van der Waals surface area contributed by atoms with E-state index in [2.05, 4.69) is 14.2 Å². The number of rotatable bonds is 25. The van der Waals surface area contributed by atoms with E-state index in [1.807, 2.05) is 0 Å². The van der Waals surface area contributed by atoms with Crippen molar-refractivity contribution in [2.24, 2.45) is 0 Å². The summed E-state index contributed by atoms with van der Waals surface area (Å²) in [6, 6.07) is 0. The van der Waals surface area contributed by atoms with Crippen LogP contribution in [0.1, 0.15) is 6.42 Å². The second-order valence-corrected chi connectivity index (χ2v) is 11.6. The van der Waals surface area contributed by atoms with Gasteiger partial charge in [0, 0.05) is 6.42 Å². The maximum Gasteiger partial charge on any atom is 0.460 e. The van der Waals surface area contributed by atoms with E-state index < -0.39 is 134 Å². The minimum atomic E-state index is -10.2. The predicted octanol–water partition coefficient (Wildman–Crippen LogP) is 10.5. The molecular formula is C24H17F33O4. The molecule has 0 aromatic heterocycles. The van der Waals surface area contributed by atoms with Crippen molar-refractivity contribution in [3.05, 3.63) is 0 Å². The molecule has 0 aliphatic carbocycles. The normalized spacial score (nSPS) is 16.4. The molecule has 0 aromatic carbocycles. The number of halogens is 33. The van der Waals surface area contributed by atoms with Gasteiger partial charge in [0.15, 0.2) is 0 Å². The van der Waals surface area contributed by atoms with Gasteiger partial charge in [-0.1, -0.05) is 0 Å². The molecule has 0 atom stereocenters. The van der Waals surface area contributed by atoms with Gasteiger partial charge in [0.05, 0.1) is 46.2 Å². The topological polar surface area (TPSA) is 47.9 Å². The van der Waals surface area contributed by atoms with Crippen molar-refractivity contribution in [2.45, 2.75) is 101 Å². The molecule has 0 saturated carbocycles. The van der Waals surface area contributed by atoms with E-state index in [-0.39, 0.29) is 13.2 Å². The van der Waals surface area contributed by atoms with Crippen LogP contribution in [0.3, 0.4) is 0 Å². The molecule has 0 bridgehead atoms. The van der Waals surface area contributed by atoms with Crippen molar-refractivity contribution in [1.29, 1.82) is 0 Å². The molecule has 0 saturated heterocycles. The lowest BCUT2D eigenvalue weighted by Gasteiger charge is -2.47. The highest BCUT2D eigenvalue weighted by molar-refractivity contribution is 5.22. The molecular weight excluding hydrogens is 979 g/mol. The van der Waals surface area contributed by atoms with Crippen molar-refractivity contribution in [2.75, 3.05) is 46.2 Å².